The molecule has 0 radical (unpaired) electrons. The molecule has 0 spiro atoms. The number of aliphatic carboxylic acids is 1. The van der Waals surface area contributed by atoms with Crippen LogP contribution in [0.5, 0.6) is 5.75 Å². The molecular weight excluding hydrogens is 556 g/mol. The molecule has 5 atom stereocenters. The van der Waals surface area contributed by atoms with Gasteiger partial charge in [-0.05, 0) is 35.2 Å². The van der Waals surface area contributed by atoms with E-state index in [9.17, 15) is 34.2 Å². The number of primary amides is 1. The molecular formula is C30H38N6O7. The van der Waals surface area contributed by atoms with E-state index in [4.69, 9.17) is 11.5 Å². The van der Waals surface area contributed by atoms with Crippen LogP contribution in [0.2, 0.25) is 0 Å². The Hall–Kier alpha value is -4.91. The topological polar surface area (TPSA) is 230 Å². The molecule has 13 nitrogen and oxygen atoms in total. The van der Waals surface area contributed by atoms with Crippen molar-refractivity contribution in [2.24, 2.45) is 17.4 Å². The number of H-pyrrole nitrogens is 1. The predicted molar refractivity (Wildman–Crippen MR) is 158 cm³/mol. The van der Waals surface area contributed by atoms with E-state index in [1.165, 1.54) is 24.3 Å². The lowest BCUT2D eigenvalue weighted by atomic mass is 9.98. The van der Waals surface area contributed by atoms with Gasteiger partial charge in [0.1, 0.15) is 23.9 Å². The zero-order valence-corrected chi connectivity index (χ0v) is 24.0. The SMILES string of the molecule is CC[C@H](C)[C@H](N)C(=O)N[C@@H](CC(N)=O)C(=O)N[C@@H](Cc1ccc(O)cc1)C(=O)N[C@@H](Cc1c[nH]c2ccccc12)C(=O)O. The minimum Gasteiger partial charge on any atom is -0.508 e. The first-order chi connectivity index (χ1) is 20.4. The van der Waals surface area contributed by atoms with Gasteiger partial charge in [-0.2, -0.15) is 0 Å². The van der Waals surface area contributed by atoms with Crippen LogP contribution in [0.15, 0.2) is 54.7 Å². The number of carboxylic acids is 1. The monoisotopic (exact) mass is 594 g/mol. The highest BCUT2D eigenvalue weighted by molar-refractivity contribution is 5.96. The van der Waals surface area contributed by atoms with Crippen LogP contribution in [-0.2, 0) is 36.8 Å². The van der Waals surface area contributed by atoms with E-state index in [1.54, 1.807) is 13.1 Å². The summed E-state index contributed by atoms with van der Waals surface area (Å²) in [5.74, 6) is -4.75. The van der Waals surface area contributed by atoms with Gasteiger partial charge in [0.05, 0.1) is 12.5 Å². The molecule has 43 heavy (non-hydrogen) atoms. The first-order valence-electron chi connectivity index (χ1n) is 13.9. The minimum atomic E-state index is -1.43. The van der Waals surface area contributed by atoms with Gasteiger partial charge in [0.25, 0.3) is 0 Å². The quantitative estimate of drug-likeness (QED) is 0.123. The van der Waals surface area contributed by atoms with Gasteiger partial charge < -0.3 is 42.6 Å². The molecule has 0 bridgehead atoms. The molecule has 10 N–H and O–H groups in total. The van der Waals surface area contributed by atoms with Gasteiger partial charge >= 0.3 is 5.97 Å². The summed E-state index contributed by atoms with van der Waals surface area (Å²) in [7, 11) is 0. The van der Waals surface area contributed by atoms with Gasteiger partial charge in [-0.3, -0.25) is 19.2 Å². The molecule has 13 heteroatoms. The average molecular weight is 595 g/mol. The van der Waals surface area contributed by atoms with E-state index in [0.717, 1.165) is 10.9 Å². The summed E-state index contributed by atoms with van der Waals surface area (Å²) in [5.41, 5.74) is 13.3. The molecule has 230 valence electrons. The molecule has 0 aliphatic rings. The number of carbonyl (C=O) groups excluding carboxylic acids is 4. The number of amides is 4. The van der Waals surface area contributed by atoms with Crippen molar-refractivity contribution < 1.29 is 34.2 Å². The third kappa shape index (κ3) is 9.04. The number of aromatic hydroxyl groups is 1. The molecule has 0 aliphatic heterocycles. The third-order valence-electron chi connectivity index (χ3n) is 7.32. The van der Waals surface area contributed by atoms with Crippen LogP contribution in [-0.4, -0.2) is 69.0 Å². The zero-order chi connectivity index (χ0) is 31.7. The fourth-order valence-corrected chi connectivity index (χ4v) is 4.53. The van der Waals surface area contributed by atoms with E-state index in [2.05, 4.69) is 20.9 Å². The second kappa shape index (κ2) is 14.8. The number of carbonyl (C=O) groups is 5. The van der Waals surface area contributed by atoms with E-state index in [0.29, 0.717) is 17.5 Å². The van der Waals surface area contributed by atoms with Crippen LogP contribution >= 0.6 is 0 Å². The molecule has 0 fully saturated rings. The predicted octanol–water partition coefficient (Wildman–Crippen LogP) is 0.447. The van der Waals surface area contributed by atoms with Crippen molar-refractivity contribution in [3.8, 4) is 5.75 Å². The summed E-state index contributed by atoms with van der Waals surface area (Å²) < 4.78 is 0. The van der Waals surface area contributed by atoms with Crippen LogP contribution < -0.4 is 27.4 Å². The van der Waals surface area contributed by atoms with Crippen molar-refractivity contribution in [3.63, 3.8) is 0 Å². The Balaban J connectivity index is 1.84. The third-order valence-corrected chi connectivity index (χ3v) is 7.32. The number of rotatable bonds is 15. The number of nitrogens with one attached hydrogen (secondary N) is 4. The second-order valence-electron chi connectivity index (χ2n) is 10.5. The maximum atomic E-state index is 13.5. The summed E-state index contributed by atoms with van der Waals surface area (Å²) in [6, 6.07) is 8.14. The van der Waals surface area contributed by atoms with E-state index in [1.807, 2.05) is 31.2 Å². The maximum absolute atomic E-state index is 13.5. The molecule has 0 aliphatic carbocycles. The van der Waals surface area contributed by atoms with E-state index >= 15 is 0 Å². The number of nitrogens with two attached hydrogens (primary N) is 2. The van der Waals surface area contributed by atoms with Crippen molar-refractivity contribution in [2.45, 2.75) is 63.7 Å². The summed E-state index contributed by atoms with van der Waals surface area (Å²) in [6.07, 6.45) is 1.57. The van der Waals surface area contributed by atoms with Crippen molar-refractivity contribution in [2.75, 3.05) is 0 Å². The molecule has 3 rings (SSSR count). The van der Waals surface area contributed by atoms with Gasteiger partial charge in [-0.15, -0.1) is 0 Å². The normalized spacial score (nSPS) is 14.6. The van der Waals surface area contributed by atoms with Crippen molar-refractivity contribution in [1.29, 1.82) is 0 Å². The first kappa shape index (κ1) is 32.6. The molecule has 1 aromatic heterocycles. The number of benzene rings is 2. The number of hydrogen-bond donors (Lipinski definition) is 8. The molecule has 1 heterocycles. The number of aromatic nitrogens is 1. The Morgan fingerprint density at radius 3 is 2.09 bits per heavy atom. The molecule has 2 aromatic carbocycles. The van der Waals surface area contributed by atoms with E-state index < -0.39 is 60.2 Å². The Morgan fingerprint density at radius 1 is 0.860 bits per heavy atom. The standard InChI is InChI=1S/C30H38N6O7/c1-3-16(2)26(32)29(41)35-23(14-25(31)38)28(40)34-22(12-17-8-10-19(37)11-9-17)27(39)36-24(30(42)43)13-18-15-33-21-7-5-4-6-20(18)21/h4-11,15-16,22-24,26,33,37H,3,12-14,32H2,1-2H3,(H2,31,38)(H,34,40)(H,35,41)(H,36,39)(H,42,43)/t16-,22-,23-,24-,26-/m0/s1. The molecule has 4 amide bonds. The van der Waals surface area contributed by atoms with Crippen molar-refractivity contribution >= 4 is 40.5 Å². The van der Waals surface area contributed by atoms with Crippen LogP contribution in [0.4, 0.5) is 0 Å². The Labute approximate surface area is 248 Å². The minimum absolute atomic E-state index is 0.0136. The molecule has 0 saturated carbocycles. The number of hydrogen-bond acceptors (Lipinski definition) is 7. The molecule has 3 aromatic rings. The summed E-state index contributed by atoms with van der Waals surface area (Å²) in [5, 5.41) is 27.9. The van der Waals surface area contributed by atoms with Crippen molar-refractivity contribution in [3.05, 3.63) is 65.9 Å². The fourth-order valence-electron chi connectivity index (χ4n) is 4.53. The smallest absolute Gasteiger partial charge is 0.326 e. The van der Waals surface area contributed by atoms with Gasteiger partial charge in [-0.25, -0.2) is 4.79 Å². The molecule has 0 unspecified atom stereocenters. The Bertz CT molecular complexity index is 1450. The summed E-state index contributed by atoms with van der Waals surface area (Å²) in [4.78, 5) is 66.6. The van der Waals surface area contributed by atoms with Crippen LogP contribution in [0.3, 0.4) is 0 Å². The van der Waals surface area contributed by atoms with E-state index in [-0.39, 0.29) is 24.5 Å². The highest BCUT2D eigenvalue weighted by atomic mass is 16.4. The van der Waals surface area contributed by atoms with Crippen LogP contribution in [0, 0.1) is 5.92 Å². The van der Waals surface area contributed by atoms with Gasteiger partial charge in [0.2, 0.25) is 23.6 Å². The number of carboxylic acid groups (broad SMARTS) is 1. The molecule has 0 saturated heterocycles. The van der Waals surface area contributed by atoms with Crippen LogP contribution in [0.1, 0.15) is 37.8 Å². The lowest BCUT2D eigenvalue weighted by molar-refractivity contribution is -0.142. The Morgan fingerprint density at radius 2 is 1.47 bits per heavy atom. The van der Waals surface area contributed by atoms with Gasteiger partial charge in [0, 0.05) is 29.9 Å². The number of fused-ring (bicyclic) bond motifs is 1. The lowest BCUT2D eigenvalue weighted by Crippen LogP contribution is -2.58. The summed E-state index contributed by atoms with van der Waals surface area (Å²) >= 11 is 0. The maximum Gasteiger partial charge on any atom is 0.326 e. The lowest BCUT2D eigenvalue weighted by Gasteiger charge is -2.26. The number of phenols is 1. The summed E-state index contributed by atoms with van der Waals surface area (Å²) in [6.45, 7) is 3.61. The zero-order valence-electron chi connectivity index (χ0n) is 24.0. The average Bonchev–Trinajstić information content (AvgIpc) is 3.38. The highest BCUT2D eigenvalue weighted by Gasteiger charge is 2.32. The van der Waals surface area contributed by atoms with Crippen molar-refractivity contribution in [1.82, 2.24) is 20.9 Å². The van der Waals surface area contributed by atoms with Gasteiger partial charge in [-0.1, -0.05) is 50.6 Å². The van der Waals surface area contributed by atoms with Gasteiger partial charge in [0.15, 0.2) is 0 Å². The Kier molecular flexibility index (Phi) is 11.2. The fraction of sp³-hybridized carbons (Fsp3) is 0.367. The second-order valence-corrected chi connectivity index (χ2v) is 10.5. The largest absolute Gasteiger partial charge is 0.508 e. The number of aromatic amines is 1. The number of para-hydroxylation sites is 1. The van der Waals surface area contributed by atoms with Crippen LogP contribution in [0.25, 0.3) is 10.9 Å². The first-order valence-corrected chi connectivity index (χ1v) is 13.9. The number of phenolic OH excluding ortho intramolecular Hbond substituents is 1. The highest BCUT2D eigenvalue weighted by Crippen LogP contribution is 2.19.